The third-order valence-corrected chi connectivity index (χ3v) is 16.8. The van der Waals surface area contributed by atoms with E-state index in [1.165, 1.54) is 62.5 Å². The summed E-state index contributed by atoms with van der Waals surface area (Å²) in [4.78, 5) is 0. The number of hydrogen-bond acceptors (Lipinski definition) is 0. The molecule has 0 bridgehead atoms. The monoisotopic (exact) mass is 926 g/mol. The Morgan fingerprint density at radius 3 is 0.967 bits per heavy atom. The number of rotatable bonds is 4. The van der Waals surface area contributed by atoms with Gasteiger partial charge in [0, 0.05) is 5.41 Å². The first-order valence-corrected chi connectivity index (χ1v) is 29.3. The molecule has 0 amide bonds. The first-order valence-electron chi connectivity index (χ1n) is 23.0. The summed E-state index contributed by atoms with van der Waals surface area (Å²) in [6.07, 6.45) is 22.1. The van der Waals surface area contributed by atoms with Gasteiger partial charge in [0.2, 0.25) is 0 Å². The molecule has 0 aliphatic heterocycles. The zero-order valence-corrected chi connectivity index (χ0v) is 44.8. The van der Waals surface area contributed by atoms with Gasteiger partial charge in [0.05, 0.1) is 0 Å². The third kappa shape index (κ3) is 8.57. The molecule has 0 radical (unpaired) electrons. The molecule has 4 atom stereocenters. The Kier molecular flexibility index (Phi) is 14.4. The van der Waals surface area contributed by atoms with Crippen molar-refractivity contribution in [2.75, 3.05) is 0 Å². The van der Waals surface area contributed by atoms with Crippen LogP contribution in [0.4, 0.5) is 0 Å². The van der Waals surface area contributed by atoms with Crippen LogP contribution in [0.3, 0.4) is 0 Å². The van der Waals surface area contributed by atoms with E-state index in [-0.39, 0.29) is 52.8 Å². The Morgan fingerprint density at radius 2 is 0.700 bits per heavy atom. The molecule has 3 heteroatoms. The molecular formula is C57H82Cl2Zr. The summed E-state index contributed by atoms with van der Waals surface area (Å²) in [5.41, 5.74) is 13.7. The van der Waals surface area contributed by atoms with Crippen LogP contribution in [0.1, 0.15) is 171 Å². The molecule has 0 aromatic heterocycles. The van der Waals surface area contributed by atoms with Crippen molar-refractivity contribution in [2.24, 2.45) is 57.2 Å². The molecular weight excluding hydrogens is 847 g/mol. The van der Waals surface area contributed by atoms with Gasteiger partial charge in [-0.1, -0.05) is 183 Å². The molecule has 60 heavy (non-hydrogen) atoms. The second kappa shape index (κ2) is 17.3. The summed E-state index contributed by atoms with van der Waals surface area (Å²) in [5.74, 6) is 3.05. The SMILES string of the molecule is CC1(C)CCC(C)(C)C2=CC3C(C=C21)C1C=C2C(=CC1C3C(c1ccc(C(C)(C)C)cc1)(c1ccc(C(C)(C)C)cc1)C1CCCC1)C(C)(C)CCC2(C)C.[CH3-].[CH3-].[Cl][Zr+2][Cl]. The van der Waals surface area contributed by atoms with Gasteiger partial charge in [-0.3, -0.25) is 0 Å². The minimum atomic E-state index is -0.826. The first kappa shape index (κ1) is 49.9. The fourth-order valence-electron chi connectivity index (χ4n) is 13.2. The van der Waals surface area contributed by atoms with Gasteiger partial charge in [0.25, 0.3) is 0 Å². The van der Waals surface area contributed by atoms with Crippen molar-refractivity contribution >= 4 is 17.0 Å². The third-order valence-electron chi connectivity index (χ3n) is 16.8. The van der Waals surface area contributed by atoms with Crippen molar-refractivity contribution in [2.45, 2.75) is 165 Å². The van der Waals surface area contributed by atoms with Gasteiger partial charge in [-0.15, -0.1) is 0 Å². The summed E-state index contributed by atoms with van der Waals surface area (Å²) in [7, 11) is 9.87. The van der Waals surface area contributed by atoms with Crippen LogP contribution < -0.4 is 0 Å². The van der Waals surface area contributed by atoms with Crippen LogP contribution in [0.25, 0.3) is 0 Å². The standard InChI is InChI=1S/C55H76.2CH3.2ClH.Zr/c1-49(2,3)35-19-23-38(24-20-35)55(37-17-15-16-18-37,39-25-21-36(22-26-39)50(4,5)6)48-42-33-46-44(51(7,8)27-29-53(46,11)12)31-40(42)41-32-45-47(34-43(41)48)54(13,14)30-28-52(45,9)10;;;;;/h19-26,31-34,37,40-43,48H,15-18,27-30H2,1-14H3;2*1H3;2*1H;/q;2*-1;;;+4/p-2. The van der Waals surface area contributed by atoms with Gasteiger partial charge in [-0.25, -0.2) is 0 Å². The molecule has 4 fully saturated rings. The fourth-order valence-corrected chi connectivity index (χ4v) is 13.2. The van der Waals surface area contributed by atoms with Crippen LogP contribution in [-0.4, -0.2) is 0 Å². The molecule has 0 nitrogen and oxygen atoms in total. The van der Waals surface area contributed by atoms with E-state index in [0.29, 0.717) is 35.5 Å². The van der Waals surface area contributed by atoms with Crippen molar-refractivity contribution < 1.29 is 20.8 Å². The molecule has 8 rings (SSSR count). The van der Waals surface area contributed by atoms with Gasteiger partial charge in [-0.05, 0) is 151 Å². The van der Waals surface area contributed by atoms with Gasteiger partial charge in [0.15, 0.2) is 0 Å². The van der Waals surface area contributed by atoms with Crippen molar-refractivity contribution in [3.63, 3.8) is 0 Å². The summed E-state index contributed by atoms with van der Waals surface area (Å²) < 4.78 is 0. The number of fused-ring (bicyclic) bond motifs is 5. The number of benzene rings is 2. The zero-order valence-electron chi connectivity index (χ0n) is 40.8. The van der Waals surface area contributed by atoms with Gasteiger partial charge >= 0.3 is 37.9 Å². The Hall–Kier alpha value is -1.14. The molecule has 6 aliphatic rings. The zero-order chi connectivity index (χ0) is 42.4. The Balaban J connectivity index is 0.00000133. The van der Waals surface area contributed by atoms with E-state index < -0.39 is 20.8 Å². The van der Waals surface area contributed by atoms with Crippen LogP contribution in [0.5, 0.6) is 0 Å². The quantitative estimate of drug-likeness (QED) is 0.268. The van der Waals surface area contributed by atoms with Crippen molar-refractivity contribution in [3.05, 3.63) is 132 Å². The van der Waals surface area contributed by atoms with E-state index in [0.717, 1.165) is 0 Å². The van der Waals surface area contributed by atoms with Crippen molar-refractivity contribution in [3.8, 4) is 0 Å². The second-order valence-corrected chi connectivity index (χ2v) is 28.0. The topological polar surface area (TPSA) is 0 Å². The second-order valence-electron chi connectivity index (χ2n) is 24.3. The van der Waals surface area contributed by atoms with Crippen LogP contribution in [0, 0.1) is 72.0 Å². The van der Waals surface area contributed by atoms with E-state index in [9.17, 15) is 0 Å². The number of hydrogen-bond donors (Lipinski definition) is 0. The van der Waals surface area contributed by atoms with E-state index in [2.05, 4.69) is 170 Å². The fraction of sp³-hybridized carbons (Fsp3) is 0.614. The molecule has 2 aromatic rings. The maximum atomic E-state index is 4.93. The molecule has 2 aromatic carbocycles. The van der Waals surface area contributed by atoms with Crippen LogP contribution >= 0.6 is 17.0 Å². The predicted molar refractivity (Wildman–Crippen MR) is 261 cm³/mol. The maximum absolute atomic E-state index is 4.93. The summed E-state index contributed by atoms with van der Waals surface area (Å²) in [6, 6.07) is 20.5. The average Bonchev–Trinajstić information content (AvgIpc) is 3.79. The molecule has 0 heterocycles. The molecule has 6 aliphatic carbocycles. The van der Waals surface area contributed by atoms with Crippen molar-refractivity contribution in [1.29, 1.82) is 0 Å². The normalized spacial score (nSPS) is 28.5. The number of allylic oxidation sites excluding steroid dienone is 8. The van der Waals surface area contributed by atoms with Crippen molar-refractivity contribution in [1.82, 2.24) is 0 Å². The predicted octanol–water partition coefficient (Wildman–Crippen LogP) is 17.6. The summed E-state index contributed by atoms with van der Waals surface area (Å²) in [5, 5.41) is 0. The molecule has 4 unspecified atom stereocenters. The summed E-state index contributed by atoms with van der Waals surface area (Å²) >= 11 is -0.826. The first-order chi connectivity index (χ1) is 26.9. The molecule has 328 valence electrons. The average molecular weight is 929 g/mol. The molecule has 0 spiro atoms. The van der Waals surface area contributed by atoms with E-state index in [4.69, 9.17) is 17.0 Å². The summed E-state index contributed by atoms with van der Waals surface area (Å²) in [6.45, 7) is 34.7. The van der Waals surface area contributed by atoms with Crippen LogP contribution in [-0.2, 0) is 37.1 Å². The Morgan fingerprint density at radius 1 is 0.450 bits per heavy atom. The van der Waals surface area contributed by atoms with Gasteiger partial charge in [0.1, 0.15) is 0 Å². The van der Waals surface area contributed by atoms with Gasteiger partial charge in [-0.2, -0.15) is 0 Å². The Bertz CT molecular complexity index is 1830. The van der Waals surface area contributed by atoms with E-state index >= 15 is 0 Å². The van der Waals surface area contributed by atoms with E-state index in [1.807, 2.05) is 0 Å². The van der Waals surface area contributed by atoms with Crippen LogP contribution in [0.2, 0.25) is 0 Å². The Labute approximate surface area is 389 Å². The molecule has 0 N–H and O–H groups in total. The van der Waals surface area contributed by atoms with Crippen LogP contribution in [0.15, 0.2) is 95.1 Å². The van der Waals surface area contributed by atoms with Gasteiger partial charge < -0.3 is 14.9 Å². The molecule has 0 saturated heterocycles. The molecule has 4 saturated carbocycles. The van der Waals surface area contributed by atoms with E-state index in [1.54, 1.807) is 33.4 Å². The minimum absolute atomic E-state index is 0. The number of halogens is 2.